The highest BCUT2D eigenvalue weighted by atomic mass is 127. The molecule has 3 heterocycles. The molecule has 1 aromatic rings. The zero-order valence-electron chi connectivity index (χ0n) is 19.5. The van der Waals surface area contributed by atoms with Gasteiger partial charge in [-0.2, -0.15) is 0 Å². The molecule has 0 bridgehead atoms. The standard InChI is InChI=1S/C22H38N6O2.HI/c1-5-23-22(24-15-17(2)21-18(3)25-30-19(21)4)28-13-11-26(12-14-28)16-20(29)27-9-7-6-8-10-27;/h17H,5-16H2,1-4H3,(H,23,24);1H. The minimum absolute atomic E-state index is 0. The molecule has 0 spiro atoms. The molecular formula is C22H39IN6O2. The van der Waals surface area contributed by atoms with E-state index in [1.54, 1.807) is 0 Å². The summed E-state index contributed by atoms with van der Waals surface area (Å²) in [5.41, 5.74) is 2.11. The van der Waals surface area contributed by atoms with Crippen LogP contribution in [0.25, 0.3) is 0 Å². The van der Waals surface area contributed by atoms with E-state index in [-0.39, 0.29) is 35.8 Å². The summed E-state index contributed by atoms with van der Waals surface area (Å²) in [5, 5.41) is 7.50. The van der Waals surface area contributed by atoms with Crippen LogP contribution in [0.1, 0.15) is 56.0 Å². The smallest absolute Gasteiger partial charge is 0.236 e. The lowest BCUT2D eigenvalue weighted by Crippen LogP contribution is -2.54. The van der Waals surface area contributed by atoms with Crippen LogP contribution in [-0.4, -0.2) is 90.6 Å². The molecule has 2 aliphatic rings. The number of piperazine rings is 1. The van der Waals surface area contributed by atoms with Gasteiger partial charge in [0, 0.05) is 63.8 Å². The Balaban J connectivity index is 0.00000341. The Hall–Kier alpha value is -1.36. The maximum atomic E-state index is 12.6. The number of piperidine rings is 1. The lowest BCUT2D eigenvalue weighted by atomic mass is 10.00. The Bertz CT molecular complexity index is 704. The van der Waals surface area contributed by atoms with Crippen LogP contribution >= 0.6 is 24.0 Å². The molecule has 0 aromatic carbocycles. The Labute approximate surface area is 203 Å². The third kappa shape index (κ3) is 7.06. The van der Waals surface area contributed by atoms with Gasteiger partial charge < -0.3 is 19.6 Å². The molecule has 9 heteroatoms. The molecule has 2 aliphatic heterocycles. The van der Waals surface area contributed by atoms with Gasteiger partial charge >= 0.3 is 0 Å². The molecule has 3 rings (SSSR count). The highest BCUT2D eigenvalue weighted by molar-refractivity contribution is 14.0. The molecule has 0 saturated carbocycles. The molecule has 8 nitrogen and oxygen atoms in total. The van der Waals surface area contributed by atoms with Crippen molar-refractivity contribution in [2.45, 2.75) is 52.9 Å². The van der Waals surface area contributed by atoms with Gasteiger partial charge in [0.05, 0.1) is 12.2 Å². The molecule has 1 N–H and O–H groups in total. The molecule has 1 unspecified atom stereocenters. The number of likely N-dealkylation sites (tertiary alicyclic amines) is 1. The number of aryl methyl sites for hydroxylation is 2. The number of hydrogen-bond donors (Lipinski definition) is 1. The van der Waals surface area contributed by atoms with Crippen molar-refractivity contribution in [2.24, 2.45) is 4.99 Å². The van der Waals surface area contributed by atoms with Crippen LogP contribution < -0.4 is 5.32 Å². The number of carbonyl (C=O) groups excluding carboxylic acids is 1. The van der Waals surface area contributed by atoms with Gasteiger partial charge in [-0.25, -0.2) is 0 Å². The van der Waals surface area contributed by atoms with Crippen LogP contribution in [0.5, 0.6) is 0 Å². The largest absolute Gasteiger partial charge is 0.361 e. The molecule has 2 fully saturated rings. The predicted octanol–water partition coefficient (Wildman–Crippen LogP) is 2.61. The van der Waals surface area contributed by atoms with Gasteiger partial charge in [0.1, 0.15) is 5.76 Å². The quantitative estimate of drug-likeness (QED) is 0.336. The zero-order valence-corrected chi connectivity index (χ0v) is 21.9. The van der Waals surface area contributed by atoms with Crippen LogP contribution in [0, 0.1) is 13.8 Å². The van der Waals surface area contributed by atoms with E-state index in [1.165, 1.54) is 6.42 Å². The van der Waals surface area contributed by atoms with Gasteiger partial charge in [-0.1, -0.05) is 12.1 Å². The molecule has 0 aliphatic carbocycles. The summed E-state index contributed by atoms with van der Waals surface area (Å²) in [7, 11) is 0. The number of carbonyl (C=O) groups is 1. The fourth-order valence-corrected chi connectivity index (χ4v) is 4.49. The van der Waals surface area contributed by atoms with E-state index in [1.807, 2.05) is 18.7 Å². The van der Waals surface area contributed by atoms with E-state index in [4.69, 9.17) is 9.52 Å². The van der Waals surface area contributed by atoms with Gasteiger partial charge in [0.2, 0.25) is 5.91 Å². The van der Waals surface area contributed by atoms with Crippen molar-refractivity contribution < 1.29 is 9.32 Å². The van der Waals surface area contributed by atoms with Crippen molar-refractivity contribution in [3.05, 3.63) is 17.0 Å². The lowest BCUT2D eigenvalue weighted by molar-refractivity contribution is -0.133. The van der Waals surface area contributed by atoms with Crippen LogP contribution in [0.15, 0.2) is 9.52 Å². The first-order valence-electron chi connectivity index (χ1n) is 11.5. The molecule has 0 radical (unpaired) electrons. The molecule has 1 amide bonds. The number of nitrogens with zero attached hydrogens (tertiary/aromatic N) is 5. The molecule has 1 aromatic heterocycles. The van der Waals surface area contributed by atoms with Gasteiger partial charge in [0.25, 0.3) is 0 Å². The number of amides is 1. The zero-order chi connectivity index (χ0) is 21.5. The van der Waals surface area contributed by atoms with E-state index < -0.39 is 0 Å². The van der Waals surface area contributed by atoms with E-state index in [9.17, 15) is 4.79 Å². The second kappa shape index (κ2) is 12.6. The number of nitrogens with one attached hydrogen (secondary N) is 1. The highest BCUT2D eigenvalue weighted by Crippen LogP contribution is 2.23. The second-order valence-corrected chi connectivity index (χ2v) is 8.54. The Morgan fingerprint density at radius 3 is 2.35 bits per heavy atom. The molecule has 31 heavy (non-hydrogen) atoms. The van der Waals surface area contributed by atoms with Gasteiger partial charge in [-0.05, 0) is 40.0 Å². The summed E-state index contributed by atoms with van der Waals surface area (Å²) in [4.78, 5) is 24.1. The van der Waals surface area contributed by atoms with Crippen LogP contribution in [-0.2, 0) is 4.79 Å². The Morgan fingerprint density at radius 2 is 1.77 bits per heavy atom. The fourth-order valence-electron chi connectivity index (χ4n) is 4.49. The van der Waals surface area contributed by atoms with Crippen molar-refractivity contribution in [3.63, 3.8) is 0 Å². The van der Waals surface area contributed by atoms with Crippen molar-refractivity contribution in [2.75, 3.05) is 58.9 Å². The topological polar surface area (TPSA) is 77.2 Å². The minimum Gasteiger partial charge on any atom is -0.361 e. The summed E-state index contributed by atoms with van der Waals surface area (Å²) in [6.07, 6.45) is 3.55. The normalized spacial score (nSPS) is 19.2. The molecule has 176 valence electrons. The average molecular weight is 546 g/mol. The van der Waals surface area contributed by atoms with Crippen LogP contribution in [0.4, 0.5) is 0 Å². The van der Waals surface area contributed by atoms with E-state index >= 15 is 0 Å². The average Bonchev–Trinajstić information content (AvgIpc) is 3.10. The maximum Gasteiger partial charge on any atom is 0.236 e. The van der Waals surface area contributed by atoms with E-state index in [0.29, 0.717) is 13.1 Å². The molecule has 2 saturated heterocycles. The van der Waals surface area contributed by atoms with Gasteiger partial charge in [-0.15, -0.1) is 24.0 Å². The number of aromatic nitrogens is 1. The summed E-state index contributed by atoms with van der Waals surface area (Å²) in [6.45, 7) is 15.7. The van der Waals surface area contributed by atoms with E-state index in [2.05, 4.69) is 34.1 Å². The number of aliphatic imine (C=N–C) groups is 1. The summed E-state index contributed by atoms with van der Waals surface area (Å²) >= 11 is 0. The number of hydrogen-bond acceptors (Lipinski definition) is 5. The van der Waals surface area contributed by atoms with Crippen molar-refractivity contribution in [1.29, 1.82) is 0 Å². The predicted molar refractivity (Wildman–Crippen MR) is 134 cm³/mol. The summed E-state index contributed by atoms with van der Waals surface area (Å²) in [5.74, 6) is 2.38. The second-order valence-electron chi connectivity index (χ2n) is 8.54. The van der Waals surface area contributed by atoms with Crippen LogP contribution in [0.3, 0.4) is 0 Å². The third-order valence-electron chi connectivity index (χ3n) is 6.17. The SMILES string of the molecule is CCNC(=NCC(C)c1c(C)noc1C)N1CCN(CC(=O)N2CCCCC2)CC1.I. The Kier molecular flexibility index (Phi) is 10.5. The molecular weight excluding hydrogens is 507 g/mol. The Morgan fingerprint density at radius 1 is 1.10 bits per heavy atom. The fraction of sp³-hybridized carbons (Fsp3) is 0.773. The van der Waals surface area contributed by atoms with Crippen LogP contribution in [0.2, 0.25) is 0 Å². The minimum atomic E-state index is 0. The lowest BCUT2D eigenvalue weighted by Gasteiger charge is -2.37. The van der Waals surface area contributed by atoms with Gasteiger partial charge in [-0.3, -0.25) is 14.7 Å². The summed E-state index contributed by atoms with van der Waals surface area (Å²) in [6, 6.07) is 0. The first kappa shape index (κ1) is 25.9. The van der Waals surface area contributed by atoms with E-state index in [0.717, 1.165) is 81.6 Å². The third-order valence-corrected chi connectivity index (χ3v) is 6.17. The molecule has 1 atom stereocenters. The van der Waals surface area contributed by atoms with Gasteiger partial charge in [0.15, 0.2) is 5.96 Å². The van der Waals surface area contributed by atoms with Crippen molar-refractivity contribution in [3.8, 4) is 0 Å². The number of guanidine groups is 1. The highest BCUT2D eigenvalue weighted by Gasteiger charge is 2.24. The first-order chi connectivity index (χ1) is 14.5. The monoisotopic (exact) mass is 546 g/mol. The first-order valence-corrected chi connectivity index (χ1v) is 11.5. The number of rotatable bonds is 6. The summed E-state index contributed by atoms with van der Waals surface area (Å²) < 4.78 is 5.31. The van der Waals surface area contributed by atoms with Crippen molar-refractivity contribution in [1.82, 2.24) is 25.2 Å². The van der Waals surface area contributed by atoms with Crippen molar-refractivity contribution >= 4 is 35.8 Å². The number of halogens is 1. The maximum absolute atomic E-state index is 12.6.